The number of hydrogen-bond acceptors (Lipinski definition) is 2. The largest absolute Gasteiger partial charge is 0.399 e. The summed E-state index contributed by atoms with van der Waals surface area (Å²) < 4.78 is 0. The van der Waals surface area contributed by atoms with Gasteiger partial charge in [0.15, 0.2) is 0 Å². The molecule has 0 aliphatic carbocycles. The van der Waals surface area contributed by atoms with E-state index in [1.54, 1.807) is 0 Å². The van der Waals surface area contributed by atoms with E-state index in [0.29, 0.717) is 5.92 Å². The Kier molecular flexibility index (Phi) is 4.89. The summed E-state index contributed by atoms with van der Waals surface area (Å²) in [6, 6.07) is 12.3. The van der Waals surface area contributed by atoms with Crippen LogP contribution in [-0.4, -0.2) is 0 Å². The average Bonchev–Trinajstić information content (AvgIpc) is 2.45. The smallest absolute Gasteiger partial charge is 0.0352 e. The van der Waals surface area contributed by atoms with Gasteiger partial charge in [-0.1, -0.05) is 45.4 Å². The van der Waals surface area contributed by atoms with Crippen molar-refractivity contribution in [1.82, 2.24) is 0 Å². The van der Waals surface area contributed by atoms with Gasteiger partial charge in [0.25, 0.3) is 0 Å². The van der Waals surface area contributed by atoms with Crippen LogP contribution >= 0.6 is 0 Å². The Morgan fingerprint density at radius 3 is 2.19 bits per heavy atom. The van der Waals surface area contributed by atoms with Crippen LogP contribution in [0.15, 0.2) is 36.4 Å². The minimum absolute atomic E-state index is 0.436. The maximum atomic E-state index is 6.25. The molecule has 0 aromatic heterocycles. The van der Waals surface area contributed by atoms with Crippen LogP contribution in [0, 0.1) is 0 Å². The van der Waals surface area contributed by atoms with Crippen molar-refractivity contribution >= 4 is 11.4 Å². The monoisotopic (exact) mass is 282 g/mol. The van der Waals surface area contributed by atoms with E-state index in [2.05, 4.69) is 39.0 Å². The van der Waals surface area contributed by atoms with Crippen molar-refractivity contribution in [3.8, 4) is 11.1 Å². The molecule has 0 fully saturated rings. The van der Waals surface area contributed by atoms with Crippen molar-refractivity contribution in [3.63, 3.8) is 0 Å². The quantitative estimate of drug-likeness (QED) is 0.759. The summed E-state index contributed by atoms with van der Waals surface area (Å²) in [6.07, 6.45) is 3.45. The molecule has 0 heterocycles. The fourth-order valence-corrected chi connectivity index (χ4v) is 2.92. The third-order valence-electron chi connectivity index (χ3n) is 3.97. The first-order valence-corrected chi connectivity index (χ1v) is 7.81. The molecule has 0 amide bonds. The van der Waals surface area contributed by atoms with Gasteiger partial charge in [-0.25, -0.2) is 0 Å². The van der Waals surface area contributed by atoms with Crippen molar-refractivity contribution < 1.29 is 0 Å². The molecule has 2 heteroatoms. The van der Waals surface area contributed by atoms with Crippen LogP contribution < -0.4 is 11.5 Å². The van der Waals surface area contributed by atoms with E-state index in [1.807, 2.05) is 18.2 Å². The van der Waals surface area contributed by atoms with E-state index in [0.717, 1.165) is 17.8 Å². The molecule has 112 valence electrons. The predicted octanol–water partition coefficient (Wildman–Crippen LogP) is 4.98. The van der Waals surface area contributed by atoms with Gasteiger partial charge >= 0.3 is 0 Å². The van der Waals surface area contributed by atoms with E-state index in [9.17, 15) is 0 Å². The molecule has 2 nitrogen and oxygen atoms in total. The van der Waals surface area contributed by atoms with Crippen molar-refractivity contribution in [1.29, 1.82) is 0 Å². The Balaban J connectivity index is 2.58. The van der Waals surface area contributed by atoms with E-state index in [4.69, 9.17) is 11.5 Å². The maximum absolute atomic E-state index is 6.25. The lowest BCUT2D eigenvalue weighted by atomic mass is 9.86. The molecule has 2 aromatic rings. The second-order valence-corrected chi connectivity index (χ2v) is 5.97. The van der Waals surface area contributed by atoms with Crippen molar-refractivity contribution in [2.75, 3.05) is 11.5 Å². The van der Waals surface area contributed by atoms with Crippen LogP contribution in [0.4, 0.5) is 11.4 Å². The van der Waals surface area contributed by atoms with Gasteiger partial charge in [0.2, 0.25) is 0 Å². The average molecular weight is 282 g/mol. The Morgan fingerprint density at radius 2 is 1.62 bits per heavy atom. The Bertz CT molecular complexity index is 598. The molecule has 2 aromatic carbocycles. The standard InChI is InChI=1S/C19H26N2/c1-4-5-6-17-16(14-7-9-15(20)10-8-14)11-12-18(21)19(17)13(2)3/h7-13H,4-6,20-21H2,1-3H3. The molecule has 0 spiro atoms. The molecule has 0 bridgehead atoms. The van der Waals surface area contributed by atoms with E-state index in [-0.39, 0.29) is 0 Å². The third-order valence-corrected chi connectivity index (χ3v) is 3.97. The lowest BCUT2D eigenvalue weighted by Gasteiger charge is -2.20. The molecule has 0 saturated carbocycles. The van der Waals surface area contributed by atoms with Crippen LogP contribution in [-0.2, 0) is 6.42 Å². The summed E-state index contributed by atoms with van der Waals surface area (Å²) >= 11 is 0. The maximum Gasteiger partial charge on any atom is 0.0352 e. The molecular formula is C19H26N2. The summed E-state index contributed by atoms with van der Waals surface area (Å²) in [5.74, 6) is 0.436. The number of unbranched alkanes of at least 4 members (excludes halogenated alkanes) is 1. The van der Waals surface area contributed by atoms with E-state index >= 15 is 0 Å². The first-order valence-electron chi connectivity index (χ1n) is 7.81. The Labute approximate surface area is 128 Å². The number of anilines is 2. The zero-order valence-corrected chi connectivity index (χ0v) is 13.3. The van der Waals surface area contributed by atoms with Gasteiger partial charge in [0, 0.05) is 11.4 Å². The lowest BCUT2D eigenvalue weighted by molar-refractivity contribution is 0.770. The minimum atomic E-state index is 0.436. The van der Waals surface area contributed by atoms with Gasteiger partial charge in [-0.15, -0.1) is 0 Å². The molecule has 0 aliphatic rings. The summed E-state index contributed by atoms with van der Waals surface area (Å²) in [5, 5.41) is 0. The zero-order valence-electron chi connectivity index (χ0n) is 13.3. The number of benzene rings is 2. The topological polar surface area (TPSA) is 52.0 Å². The lowest BCUT2D eigenvalue weighted by Crippen LogP contribution is -2.04. The predicted molar refractivity (Wildman–Crippen MR) is 93.4 cm³/mol. The normalized spacial score (nSPS) is 11.0. The number of nitrogens with two attached hydrogens (primary N) is 2. The van der Waals surface area contributed by atoms with Gasteiger partial charge in [0.1, 0.15) is 0 Å². The highest BCUT2D eigenvalue weighted by Gasteiger charge is 2.15. The zero-order chi connectivity index (χ0) is 15.4. The van der Waals surface area contributed by atoms with Gasteiger partial charge in [0.05, 0.1) is 0 Å². The molecule has 0 atom stereocenters. The van der Waals surface area contributed by atoms with Crippen LogP contribution in [0.25, 0.3) is 11.1 Å². The van der Waals surface area contributed by atoms with Crippen molar-refractivity contribution in [2.45, 2.75) is 46.0 Å². The van der Waals surface area contributed by atoms with Crippen molar-refractivity contribution in [2.24, 2.45) is 0 Å². The summed E-state index contributed by atoms with van der Waals surface area (Å²) in [4.78, 5) is 0. The fraction of sp³-hybridized carbons (Fsp3) is 0.368. The minimum Gasteiger partial charge on any atom is -0.399 e. The van der Waals surface area contributed by atoms with Crippen molar-refractivity contribution in [3.05, 3.63) is 47.5 Å². The van der Waals surface area contributed by atoms with E-state index in [1.165, 1.54) is 35.1 Å². The highest BCUT2D eigenvalue weighted by atomic mass is 14.6. The van der Waals surface area contributed by atoms with Gasteiger partial charge < -0.3 is 11.5 Å². The molecule has 21 heavy (non-hydrogen) atoms. The number of rotatable bonds is 5. The summed E-state index contributed by atoms with van der Waals surface area (Å²) in [7, 11) is 0. The van der Waals surface area contributed by atoms with Crippen LogP contribution in [0.2, 0.25) is 0 Å². The van der Waals surface area contributed by atoms with Crippen LogP contribution in [0.3, 0.4) is 0 Å². The fourth-order valence-electron chi connectivity index (χ4n) is 2.92. The number of hydrogen-bond donors (Lipinski definition) is 2. The summed E-state index contributed by atoms with van der Waals surface area (Å²) in [5.41, 5.74) is 19.0. The first-order chi connectivity index (χ1) is 10.0. The molecule has 4 N–H and O–H groups in total. The molecule has 0 unspecified atom stereocenters. The van der Waals surface area contributed by atoms with E-state index < -0.39 is 0 Å². The van der Waals surface area contributed by atoms with Crippen LogP contribution in [0.1, 0.15) is 50.7 Å². The van der Waals surface area contributed by atoms with Gasteiger partial charge in [-0.05, 0) is 59.2 Å². The molecule has 0 radical (unpaired) electrons. The molecular weight excluding hydrogens is 256 g/mol. The second-order valence-electron chi connectivity index (χ2n) is 5.97. The van der Waals surface area contributed by atoms with Gasteiger partial charge in [-0.2, -0.15) is 0 Å². The van der Waals surface area contributed by atoms with Gasteiger partial charge in [-0.3, -0.25) is 0 Å². The summed E-state index contributed by atoms with van der Waals surface area (Å²) in [6.45, 7) is 6.66. The van der Waals surface area contributed by atoms with Crippen LogP contribution in [0.5, 0.6) is 0 Å². The second kappa shape index (κ2) is 6.66. The molecule has 2 rings (SSSR count). The Hall–Kier alpha value is -1.96. The Morgan fingerprint density at radius 1 is 0.952 bits per heavy atom. The number of nitrogen functional groups attached to an aromatic ring is 2. The third kappa shape index (κ3) is 3.38. The molecule has 0 aliphatic heterocycles. The highest BCUT2D eigenvalue weighted by Crippen LogP contribution is 2.35. The first kappa shape index (κ1) is 15.4. The SMILES string of the molecule is CCCCc1c(-c2ccc(N)cc2)ccc(N)c1C(C)C. The molecule has 0 saturated heterocycles. The highest BCUT2D eigenvalue weighted by molar-refractivity contribution is 5.74.